The second-order valence-corrected chi connectivity index (χ2v) is 7.15. The lowest BCUT2D eigenvalue weighted by atomic mass is 10.1. The fourth-order valence-electron chi connectivity index (χ4n) is 2.36. The van der Waals surface area contributed by atoms with Crippen LogP contribution in [-0.4, -0.2) is 9.55 Å². The third kappa shape index (κ3) is 4.80. The van der Waals surface area contributed by atoms with Crippen molar-refractivity contribution in [2.24, 2.45) is 0 Å². The summed E-state index contributed by atoms with van der Waals surface area (Å²) in [5, 5.41) is 0.586. The summed E-state index contributed by atoms with van der Waals surface area (Å²) in [6.45, 7) is 0.596. The Balaban J connectivity index is 1.86. The molecule has 1 atom stereocenters. The predicted octanol–water partition coefficient (Wildman–Crippen LogP) is 6.09. The number of imidazole rings is 1. The van der Waals surface area contributed by atoms with Gasteiger partial charge in [-0.15, -0.1) is 11.8 Å². The first-order valence-corrected chi connectivity index (χ1v) is 8.73. The molecule has 25 heavy (non-hydrogen) atoms. The van der Waals surface area contributed by atoms with Gasteiger partial charge in [0.1, 0.15) is 0 Å². The highest BCUT2D eigenvalue weighted by atomic mass is 35.5. The summed E-state index contributed by atoms with van der Waals surface area (Å²) in [5.41, 5.74) is 0.177. The summed E-state index contributed by atoms with van der Waals surface area (Å²) in [6.07, 6.45) is 0.872. The molecule has 0 aliphatic heterocycles. The smallest absolute Gasteiger partial charge is 0.336 e. The summed E-state index contributed by atoms with van der Waals surface area (Å²) in [6, 6.07) is 12.7. The van der Waals surface area contributed by atoms with Crippen LogP contribution in [0.3, 0.4) is 0 Å². The maximum Gasteiger partial charge on any atom is 0.416 e. The van der Waals surface area contributed by atoms with Gasteiger partial charge in [0.2, 0.25) is 0 Å². The molecule has 0 amide bonds. The first-order valence-electron chi connectivity index (χ1n) is 7.47. The number of rotatable bonds is 5. The SMILES string of the molecule is FC(F)(F)c1ccc(C(Cn2ccnc2)Sc2ccc(Cl)cc2)cc1. The normalized spacial score (nSPS) is 13.0. The van der Waals surface area contributed by atoms with Gasteiger partial charge in [0, 0.05) is 28.9 Å². The fraction of sp³-hybridized carbons (Fsp3) is 0.167. The van der Waals surface area contributed by atoms with Crippen molar-refractivity contribution in [1.82, 2.24) is 9.55 Å². The Labute approximate surface area is 152 Å². The molecule has 2 aromatic carbocycles. The van der Waals surface area contributed by atoms with E-state index in [1.54, 1.807) is 36.4 Å². The van der Waals surface area contributed by atoms with Crippen LogP contribution in [-0.2, 0) is 12.7 Å². The van der Waals surface area contributed by atoms with Crippen molar-refractivity contribution in [3.63, 3.8) is 0 Å². The molecule has 0 aliphatic carbocycles. The minimum absolute atomic E-state index is 0.0577. The van der Waals surface area contributed by atoms with E-state index in [2.05, 4.69) is 4.98 Å². The van der Waals surface area contributed by atoms with Crippen LogP contribution in [0.5, 0.6) is 0 Å². The minimum atomic E-state index is -4.33. The van der Waals surface area contributed by atoms with Gasteiger partial charge < -0.3 is 4.57 Å². The highest BCUT2D eigenvalue weighted by molar-refractivity contribution is 7.99. The quantitative estimate of drug-likeness (QED) is 0.497. The molecule has 0 saturated heterocycles. The zero-order chi connectivity index (χ0) is 17.9. The van der Waals surface area contributed by atoms with Crippen LogP contribution in [0.4, 0.5) is 13.2 Å². The molecule has 2 nitrogen and oxygen atoms in total. The van der Waals surface area contributed by atoms with Gasteiger partial charge in [0.15, 0.2) is 0 Å². The summed E-state index contributed by atoms with van der Waals surface area (Å²) >= 11 is 7.49. The number of aromatic nitrogens is 2. The highest BCUT2D eigenvalue weighted by Gasteiger charge is 2.30. The number of hydrogen-bond donors (Lipinski definition) is 0. The third-order valence-electron chi connectivity index (χ3n) is 3.64. The highest BCUT2D eigenvalue weighted by Crippen LogP contribution is 2.38. The monoisotopic (exact) mass is 382 g/mol. The average Bonchev–Trinajstić information content (AvgIpc) is 3.09. The van der Waals surface area contributed by atoms with Gasteiger partial charge >= 0.3 is 6.18 Å². The van der Waals surface area contributed by atoms with Gasteiger partial charge in [-0.3, -0.25) is 0 Å². The largest absolute Gasteiger partial charge is 0.416 e. The van der Waals surface area contributed by atoms with E-state index in [0.717, 1.165) is 22.6 Å². The summed E-state index contributed by atoms with van der Waals surface area (Å²) in [4.78, 5) is 5.02. The van der Waals surface area contributed by atoms with Crippen molar-refractivity contribution >= 4 is 23.4 Å². The topological polar surface area (TPSA) is 17.8 Å². The number of halogens is 4. The number of thioether (sulfide) groups is 1. The Kier molecular flexibility index (Phi) is 5.39. The van der Waals surface area contributed by atoms with Gasteiger partial charge in [-0.05, 0) is 42.0 Å². The molecule has 0 fully saturated rings. The minimum Gasteiger partial charge on any atom is -0.336 e. The van der Waals surface area contributed by atoms with E-state index in [0.29, 0.717) is 11.6 Å². The molecular formula is C18H14ClF3N2S. The molecular weight excluding hydrogens is 369 g/mol. The number of hydrogen-bond acceptors (Lipinski definition) is 2. The van der Waals surface area contributed by atoms with Crippen molar-refractivity contribution in [3.8, 4) is 0 Å². The Hall–Kier alpha value is -1.92. The molecule has 0 spiro atoms. The van der Waals surface area contributed by atoms with Gasteiger partial charge in [-0.2, -0.15) is 13.2 Å². The molecule has 0 radical (unpaired) electrons. The number of nitrogens with zero attached hydrogens (tertiary/aromatic N) is 2. The van der Waals surface area contributed by atoms with E-state index in [4.69, 9.17) is 11.6 Å². The molecule has 0 bridgehead atoms. The second kappa shape index (κ2) is 7.54. The van der Waals surface area contributed by atoms with E-state index >= 15 is 0 Å². The maximum atomic E-state index is 12.8. The van der Waals surface area contributed by atoms with E-state index in [-0.39, 0.29) is 5.25 Å². The Bertz CT molecular complexity index is 800. The standard InChI is InChI=1S/C18H14ClF3N2S/c19-15-5-7-16(8-6-15)25-17(11-24-10-9-23-12-24)13-1-3-14(4-2-13)18(20,21)22/h1-10,12,17H,11H2. The van der Waals surface area contributed by atoms with Crippen LogP contribution >= 0.6 is 23.4 Å². The van der Waals surface area contributed by atoms with E-state index < -0.39 is 11.7 Å². The Morgan fingerprint density at radius 1 is 1.04 bits per heavy atom. The van der Waals surface area contributed by atoms with Crippen LogP contribution < -0.4 is 0 Å². The van der Waals surface area contributed by atoms with Crippen LogP contribution in [0.1, 0.15) is 16.4 Å². The van der Waals surface area contributed by atoms with Crippen molar-refractivity contribution < 1.29 is 13.2 Å². The van der Waals surface area contributed by atoms with Crippen LogP contribution in [0.15, 0.2) is 72.1 Å². The molecule has 1 unspecified atom stereocenters. The molecule has 0 N–H and O–H groups in total. The Morgan fingerprint density at radius 2 is 1.72 bits per heavy atom. The fourth-order valence-corrected chi connectivity index (χ4v) is 3.65. The summed E-state index contributed by atoms with van der Waals surface area (Å²) in [5.74, 6) is 0. The average molecular weight is 383 g/mol. The lowest BCUT2D eigenvalue weighted by molar-refractivity contribution is -0.137. The van der Waals surface area contributed by atoms with Crippen molar-refractivity contribution in [3.05, 3.63) is 83.4 Å². The number of alkyl halides is 3. The third-order valence-corrected chi connectivity index (χ3v) is 5.14. The first kappa shape index (κ1) is 17.9. The molecule has 3 rings (SSSR count). The molecule has 1 aromatic heterocycles. The molecule has 0 aliphatic rings. The molecule has 1 heterocycles. The molecule has 3 aromatic rings. The van der Waals surface area contributed by atoms with Crippen LogP contribution in [0.2, 0.25) is 5.02 Å². The van der Waals surface area contributed by atoms with Crippen molar-refractivity contribution in [2.45, 2.75) is 22.9 Å². The number of benzene rings is 2. The lowest BCUT2D eigenvalue weighted by Crippen LogP contribution is -2.07. The zero-order valence-corrected chi connectivity index (χ0v) is 14.5. The first-order chi connectivity index (χ1) is 11.9. The van der Waals surface area contributed by atoms with Crippen molar-refractivity contribution in [1.29, 1.82) is 0 Å². The van der Waals surface area contributed by atoms with Crippen molar-refractivity contribution in [2.75, 3.05) is 0 Å². The second-order valence-electron chi connectivity index (χ2n) is 5.44. The van der Waals surface area contributed by atoms with Gasteiger partial charge in [0.25, 0.3) is 0 Å². The maximum absolute atomic E-state index is 12.8. The van der Waals surface area contributed by atoms with E-state index in [1.807, 2.05) is 22.9 Å². The zero-order valence-electron chi connectivity index (χ0n) is 12.9. The van der Waals surface area contributed by atoms with Crippen LogP contribution in [0.25, 0.3) is 0 Å². The summed E-state index contributed by atoms with van der Waals surface area (Å²) < 4.78 is 40.2. The molecule has 7 heteroatoms. The van der Waals surface area contributed by atoms with E-state index in [1.165, 1.54) is 12.1 Å². The molecule has 130 valence electrons. The molecule has 0 saturated carbocycles. The van der Waals surface area contributed by atoms with Gasteiger partial charge in [0.05, 0.1) is 17.1 Å². The Morgan fingerprint density at radius 3 is 2.28 bits per heavy atom. The van der Waals surface area contributed by atoms with E-state index in [9.17, 15) is 13.2 Å². The van der Waals surface area contributed by atoms with Gasteiger partial charge in [-0.25, -0.2) is 4.98 Å². The van der Waals surface area contributed by atoms with Gasteiger partial charge in [-0.1, -0.05) is 23.7 Å². The predicted molar refractivity (Wildman–Crippen MR) is 93.7 cm³/mol. The summed E-state index contributed by atoms with van der Waals surface area (Å²) in [7, 11) is 0. The lowest BCUT2D eigenvalue weighted by Gasteiger charge is -2.18. The van der Waals surface area contributed by atoms with Crippen LogP contribution in [0, 0.1) is 0 Å².